The molecule has 26 heavy (non-hydrogen) atoms. The summed E-state index contributed by atoms with van der Waals surface area (Å²) in [4.78, 5) is 29.9. The van der Waals surface area contributed by atoms with E-state index in [2.05, 4.69) is 12.1 Å². The van der Waals surface area contributed by atoms with E-state index in [0.717, 1.165) is 24.1 Å². The standard InChI is InChI=1S/C21H25N3O2/c1-2-24-17-8-4-3-7-16(17)21(19(24)26)11-13-23(14-12-21)18(25)20(15-22)9-5-6-10-20/h3-4,7-8H,2,5-6,9-14H2,1H3. The predicted octanol–water partition coefficient (Wildman–Crippen LogP) is 3.00. The number of hydrogen-bond acceptors (Lipinski definition) is 3. The second-order valence-electron chi connectivity index (χ2n) is 7.84. The van der Waals surface area contributed by atoms with Gasteiger partial charge in [-0.15, -0.1) is 0 Å². The van der Waals surface area contributed by atoms with Crippen LogP contribution in [-0.4, -0.2) is 36.3 Å². The Hall–Kier alpha value is -2.35. The molecule has 2 fully saturated rings. The van der Waals surface area contributed by atoms with Gasteiger partial charge in [-0.3, -0.25) is 9.59 Å². The van der Waals surface area contributed by atoms with Gasteiger partial charge in [-0.05, 0) is 44.2 Å². The summed E-state index contributed by atoms with van der Waals surface area (Å²) in [6.45, 7) is 3.78. The van der Waals surface area contributed by atoms with Gasteiger partial charge in [-0.25, -0.2) is 0 Å². The Labute approximate surface area is 154 Å². The highest BCUT2D eigenvalue weighted by atomic mass is 16.2. The number of piperidine rings is 1. The van der Waals surface area contributed by atoms with E-state index in [1.54, 1.807) is 0 Å². The summed E-state index contributed by atoms with van der Waals surface area (Å²) in [6.07, 6.45) is 4.55. The first kappa shape index (κ1) is 17.1. The van der Waals surface area contributed by atoms with Crippen molar-refractivity contribution in [3.63, 3.8) is 0 Å². The van der Waals surface area contributed by atoms with Crippen molar-refractivity contribution in [3.05, 3.63) is 29.8 Å². The number of carbonyl (C=O) groups excluding carboxylic acids is 2. The molecule has 2 amide bonds. The Morgan fingerprint density at radius 2 is 1.81 bits per heavy atom. The zero-order valence-corrected chi connectivity index (χ0v) is 15.3. The lowest BCUT2D eigenvalue weighted by molar-refractivity contribution is -0.142. The van der Waals surface area contributed by atoms with Crippen molar-refractivity contribution in [3.8, 4) is 6.07 Å². The van der Waals surface area contributed by atoms with Gasteiger partial charge >= 0.3 is 0 Å². The molecule has 1 aliphatic carbocycles. The molecule has 1 spiro atoms. The maximum Gasteiger partial charge on any atom is 0.243 e. The number of nitriles is 1. The van der Waals surface area contributed by atoms with E-state index in [4.69, 9.17) is 0 Å². The topological polar surface area (TPSA) is 64.4 Å². The summed E-state index contributed by atoms with van der Waals surface area (Å²) < 4.78 is 0. The smallest absolute Gasteiger partial charge is 0.243 e. The lowest BCUT2D eigenvalue weighted by Crippen LogP contribution is -2.52. The Morgan fingerprint density at radius 3 is 2.42 bits per heavy atom. The van der Waals surface area contributed by atoms with Crippen molar-refractivity contribution >= 4 is 17.5 Å². The molecule has 1 saturated carbocycles. The van der Waals surface area contributed by atoms with Crippen LogP contribution in [0.1, 0.15) is 51.0 Å². The van der Waals surface area contributed by atoms with Crippen LogP contribution in [0.25, 0.3) is 0 Å². The number of anilines is 1. The summed E-state index contributed by atoms with van der Waals surface area (Å²) in [7, 11) is 0. The number of fused-ring (bicyclic) bond motifs is 2. The van der Waals surface area contributed by atoms with Crippen LogP contribution in [0.15, 0.2) is 24.3 Å². The second kappa shape index (κ2) is 6.12. The zero-order valence-electron chi connectivity index (χ0n) is 15.3. The van der Waals surface area contributed by atoms with E-state index < -0.39 is 10.8 Å². The second-order valence-corrected chi connectivity index (χ2v) is 7.84. The molecule has 1 aromatic rings. The molecule has 4 rings (SSSR count). The normalized spacial score (nSPS) is 23.2. The van der Waals surface area contributed by atoms with Gasteiger partial charge in [0.15, 0.2) is 0 Å². The van der Waals surface area contributed by atoms with Crippen LogP contribution in [0.4, 0.5) is 5.69 Å². The summed E-state index contributed by atoms with van der Waals surface area (Å²) in [6, 6.07) is 10.4. The van der Waals surface area contributed by atoms with Gasteiger partial charge < -0.3 is 9.80 Å². The third kappa shape index (κ3) is 2.21. The van der Waals surface area contributed by atoms with Crippen LogP contribution in [0, 0.1) is 16.7 Å². The SMILES string of the molecule is CCN1C(=O)C2(CCN(C(=O)C3(C#N)CCCC3)CC2)c2ccccc21. The number of likely N-dealkylation sites (tertiary alicyclic amines) is 1. The van der Waals surface area contributed by atoms with Crippen molar-refractivity contribution in [2.75, 3.05) is 24.5 Å². The number of carbonyl (C=O) groups is 2. The van der Waals surface area contributed by atoms with Gasteiger partial charge in [0.1, 0.15) is 5.41 Å². The Morgan fingerprint density at radius 1 is 1.15 bits per heavy atom. The Balaban J connectivity index is 1.58. The molecule has 1 saturated heterocycles. The monoisotopic (exact) mass is 351 g/mol. The first-order chi connectivity index (χ1) is 12.6. The average Bonchev–Trinajstić information content (AvgIpc) is 3.26. The van der Waals surface area contributed by atoms with Crippen molar-refractivity contribution in [1.29, 1.82) is 5.26 Å². The van der Waals surface area contributed by atoms with Crippen molar-refractivity contribution in [1.82, 2.24) is 4.90 Å². The Kier molecular flexibility index (Phi) is 4.02. The minimum absolute atomic E-state index is 0.0153. The molecular formula is C21H25N3O2. The molecule has 2 heterocycles. The van der Waals surface area contributed by atoms with E-state index in [1.165, 1.54) is 0 Å². The zero-order chi connectivity index (χ0) is 18.4. The fourth-order valence-electron chi connectivity index (χ4n) is 5.14. The molecule has 0 unspecified atom stereocenters. The number of likely N-dealkylation sites (N-methyl/N-ethyl adjacent to an activating group) is 1. The van der Waals surface area contributed by atoms with Crippen molar-refractivity contribution in [2.45, 2.75) is 50.9 Å². The fraction of sp³-hybridized carbons (Fsp3) is 0.571. The van der Waals surface area contributed by atoms with Gasteiger partial charge in [0.05, 0.1) is 11.5 Å². The highest BCUT2D eigenvalue weighted by molar-refractivity contribution is 6.08. The van der Waals surface area contributed by atoms with Crippen LogP contribution < -0.4 is 4.90 Å². The molecule has 0 bridgehead atoms. The highest BCUT2D eigenvalue weighted by Crippen LogP contribution is 2.48. The molecular weight excluding hydrogens is 326 g/mol. The molecule has 1 aromatic carbocycles. The number of rotatable bonds is 2. The third-order valence-electron chi connectivity index (χ3n) is 6.67. The number of benzene rings is 1. The molecule has 136 valence electrons. The minimum Gasteiger partial charge on any atom is -0.341 e. The lowest BCUT2D eigenvalue weighted by atomic mass is 9.73. The Bertz CT molecular complexity index is 781. The molecule has 5 nitrogen and oxygen atoms in total. The number of nitrogens with zero attached hydrogens (tertiary/aromatic N) is 3. The van der Waals surface area contributed by atoms with E-state index in [1.807, 2.05) is 34.9 Å². The number of para-hydroxylation sites is 1. The lowest BCUT2D eigenvalue weighted by Gasteiger charge is -2.40. The molecule has 0 atom stereocenters. The van der Waals surface area contributed by atoms with E-state index in [0.29, 0.717) is 45.3 Å². The largest absolute Gasteiger partial charge is 0.341 e. The van der Waals surface area contributed by atoms with Gasteiger partial charge in [-0.2, -0.15) is 5.26 Å². The summed E-state index contributed by atoms with van der Waals surface area (Å²) in [5.41, 5.74) is 0.801. The number of hydrogen-bond donors (Lipinski definition) is 0. The minimum atomic E-state index is -0.822. The van der Waals surface area contributed by atoms with Crippen molar-refractivity contribution < 1.29 is 9.59 Å². The molecule has 2 aliphatic heterocycles. The van der Waals surface area contributed by atoms with Crippen LogP contribution in [0.5, 0.6) is 0 Å². The first-order valence-electron chi connectivity index (χ1n) is 9.70. The van der Waals surface area contributed by atoms with Crippen LogP contribution in [0.2, 0.25) is 0 Å². The van der Waals surface area contributed by atoms with E-state index >= 15 is 0 Å². The van der Waals surface area contributed by atoms with Crippen LogP contribution >= 0.6 is 0 Å². The summed E-state index contributed by atoms with van der Waals surface area (Å²) in [5, 5.41) is 9.60. The summed E-state index contributed by atoms with van der Waals surface area (Å²) in [5.74, 6) is 0.155. The van der Waals surface area contributed by atoms with Gasteiger partial charge in [0.25, 0.3) is 0 Å². The van der Waals surface area contributed by atoms with Gasteiger partial charge in [-0.1, -0.05) is 31.0 Å². The fourth-order valence-corrected chi connectivity index (χ4v) is 5.14. The quantitative estimate of drug-likeness (QED) is 0.823. The predicted molar refractivity (Wildman–Crippen MR) is 98.5 cm³/mol. The highest BCUT2D eigenvalue weighted by Gasteiger charge is 2.53. The molecule has 0 radical (unpaired) electrons. The van der Waals surface area contributed by atoms with E-state index in [-0.39, 0.29) is 11.8 Å². The van der Waals surface area contributed by atoms with Gasteiger partial charge in [0.2, 0.25) is 11.8 Å². The van der Waals surface area contributed by atoms with Gasteiger partial charge in [0, 0.05) is 25.3 Å². The molecule has 3 aliphatic rings. The maximum absolute atomic E-state index is 13.2. The molecule has 0 aromatic heterocycles. The molecule has 0 N–H and O–H groups in total. The van der Waals surface area contributed by atoms with E-state index in [9.17, 15) is 14.9 Å². The number of amides is 2. The van der Waals surface area contributed by atoms with Crippen LogP contribution in [0.3, 0.4) is 0 Å². The first-order valence-corrected chi connectivity index (χ1v) is 9.70. The van der Waals surface area contributed by atoms with Crippen LogP contribution in [-0.2, 0) is 15.0 Å². The van der Waals surface area contributed by atoms with Crippen molar-refractivity contribution in [2.24, 2.45) is 5.41 Å². The maximum atomic E-state index is 13.2. The average molecular weight is 351 g/mol. The molecule has 5 heteroatoms. The third-order valence-corrected chi connectivity index (χ3v) is 6.67. The summed E-state index contributed by atoms with van der Waals surface area (Å²) >= 11 is 0.